The van der Waals surface area contributed by atoms with Gasteiger partial charge >= 0.3 is 0 Å². The maximum absolute atomic E-state index is 9.40. The summed E-state index contributed by atoms with van der Waals surface area (Å²) >= 11 is 6.12. The molecule has 0 aromatic heterocycles. The molecule has 1 N–H and O–H groups in total. The number of methoxy groups -OCH3 is 1. The SMILES string of the molecule is COc1ccc(C(C#N)C2CCCNC2)cc1Cl. The van der Waals surface area contributed by atoms with Crippen LogP contribution in [0.5, 0.6) is 5.75 Å². The minimum absolute atomic E-state index is 0.0961. The Bertz CT molecular complexity index is 450. The predicted molar refractivity (Wildman–Crippen MR) is 72.0 cm³/mol. The molecule has 2 rings (SSSR count). The molecule has 96 valence electrons. The van der Waals surface area contributed by atoms with E-state index in [4.69, 9.17) is 16.3 Å². The van der Waals surface area contributed by atoms with E-state index in [0.717, 1.165) is 31.5 Å². The molecule has 1 saturated heterocycles. The summed E-state index contributed by atoms with van der Waals surface area (Å²) in [5.41, 5.74) is 0.983. The molecule has 4 heteroatoms. The fourth-order valence-electron chi connectivity index (χ4n) is 2.49. The quantitative estimate of drug-likeness (QED) is 0.913. The Morgan fingerprint density at radius 1 is 1.56 bits per heavy atom. The molecule has 1 aromatic rings. The van der Waals surface area contributed by atoms with Crippen LogP contribution in [0.1, 0.15) is 24.3 Å². The highest BCUT2D eigenvalue weighted by Gasteiger charge is 2.25. The average molecular weight is 265 g/mol. The van der Waals surface area contributed by atoms with E-state index in [-0.39, 0.29) is 5.92 Å². The van der Waals surface area contributed by atoms with E-state index in [9.17, 15) is 5.26 Å². The Balaban J connectivity index is 2.22. The molecule has 0 saturated carbocycles. The molecule has 1 fully saturated rings. The monoisotopic (exact) mass is 264 g/mol. The van der Waals surface area contributed by atoms with Gasteiger partial charge in [-0.15, -0.1) is 0 Å². The average Bonchev–Trinajstić information content (AvgIpc) is 2.41. The molecule has 0 aliphatic carbocycles. The van der Waals surface area contributed by atoms with Gasteiger partial charge in [-0.2, -0.15) is 5.26 Å². The molecule has 3 nitrogen and oxygen atoms in total. The Hall–Kier alpha value is -1.24. The summed E-state index contributed by atoms with van der Waals surface area (Å²) in [5, 5.41) is 13.3. The number of ether oxygens (including phenoxy) is 1. The largest absolute Gasteiger partial charge is 0.495 e. The number of halogens is 1. The summed E-state index contributed by atoms with van der Waals surface area (Å²) in [6.45, 7) is 1.96. The molecular weight excluding hydrogens is 248 g/mol. The normalized spacial score (nSPS) is 21.1. The maximum Gasteiger partial charge on any atom is 0.137 e. The molecule has 1 aliphatic heterocycles. The second-order valence-electron chi connectivity index (χ2n) is 4.61. The van der Waals surface area contributed by atoms with Gasteiger partial charge in [0.2, 0.25) is 0 Å². The summed E-state index contributed by atoms with van der Waals surface area (Å²) in [6, 6.07) is 8.03. The first kappa shape index (κ1) is 13.2. The van der Waals surface area contributed by atoms with Gasteiger partial charge in [0.05, 0.1) is 24.1 Å². The van der Waals surface area contributed by atoms with Crippen molar-refractivity contribution in [3.8, 4) is 11.8 Å². The zero-order chi connectivity index (χ0) is 13.0. The Labute approximate surface area is 113 Å². The first-order valence-corrected chi connectivity index (χ1v) is 6.58. The van der Waals surface area contributed by atoms with E-state index in [1.54, 1.807) is 7.11 Å². The minimum Gasteiger partial charge on any atom is -0.495 e. The summed E-state index contributed by atoms with van der Waals surface area (Å²) in [5.74, 6) is 0.924. The maximum atomic E-state index is 9.40. The van der Waals surface area contributed by atoms with Gasteiger partial charge in [-0.05, 0) is 49.5 Å². The Morgan fingerprint density at radius 3 is 2.94 bits per heavy atom. The molecule has 1 aromatic carbocycles. The lowest BCUT2D eigenvalue weighted by molar-refractivity contribution is 0.354. The van der Waals surface area contributed by atoms with E-state index in [1.807, 2.05) is 18.2 Å². The summed E-state index contributed by atoms with van der Waals surface area (Å²) in [6.07, 6.45) is 2.22. The second kappa shape index (κ2) is 6.08. The number of piperidine rings is 1. The first-order chi connectivity index (χ1) is 8.76. The van der Waals surface area contributed by atoms with Crippen molar-refractivity contribution < 1.29 is 4.74 Å². The van der Waals surface area contributed by atoms with Crippen LogP contribution in [-0.4, -0.2) is 20.2 Å². The Kier molecular flexibility index (Phi) is 4.46. The number of nitrogens with one attached hydrogen (secondary N) is 1. The van der Waals surface area contributed by atoms with Crippen LogP contribution in [0, 0.1) is 17.2 Å². The number of benzene rings is 1. The lowest BCUT2D eigenvalue weighted by Gasteiger charge is -2.27. The third kappa shape index (κ3) is 2.77. The third-order valence-electron chi connectivity index (χ3n) is 3.48. The van der Waals surface area contributed by atoms with Crippen LogP contribution in [0.25, 0.3) is 0 Å². The highest BCUT2D eigenvalue weighted by Crippen LogP contribution is 2.33. The van der Waals surface area contributed by atoms with E-state index < -0.39 is 0 Å². The molecule has 0 spiro atoms. The van der Waals surface area contributed by atoms with Gasteiger partial charge in [0.25, 0.3) is 0 Å². The minimum atomic E-state index is -0.0961. The molecule has 2 unspecified atom stereocenters. The van der Waals surface area contributed by atoms with E-state index >= 15 is 0 Å². The van der Waals surface area contributed by atoms with Crippen molar-refractivity contribution in [2.24, 2.45) is 5.92 Å². The predicted octanol–water partition coefficient (Wildman–Crippen LogP) is 2.96. The molecule has 1 heterocycles. The summed E-state index contributed by atoms with van der Waals surface area (Å²) < 4.78 is 5.13. The van der Waals surface area contributed by atoms with Crippen molar-refractivity contribution in [3.05, 3.63) is 28.8 Å². The first-order valence-electron chi connectivity index (χ1n) is 6.20. The molecule has 0 radical (unpaired) electrons. The third-order valence-corrected chi connectivity index (χ3v) is 3.78. The number of nitrogens with zero attached hydrogens (tertiary/aromatic N) is 1. The zero-order valence-corrected chi connectivity index (χ0v) is 11.2. The van der Waals surface area contributed by atoms with Gasteiger partial charge in [0.15, 0.2) is 0 Å². The van der Waals surface area contributed by atoms with Crippen molar-refractivity contribution in [2.45, 2.75) is 18.8 Å². The molecule has 0 amide bonds. The lowest BCUT2D eigenvalue weighted by atomic mass is 9.82. The van der Waals surface area contributed by atoms with Crippen molar-refractivity contribution in [2.75, 3.05) is 20.2 Å². The van der Waals surface area contributed by atoms with Crippen molar-refractivity contribution in [1.82, 2.24) is 5.32 Å². The fraction of sp³-hybridized carbons (Fsp3) is 0.500. The van der Waals surface area contributed by atoms with Gasteiger partial charge in [0, 0.05) is 0 Å². The van der Waals surface area contributed by atoms with Crippen molar-refractivity contribution >= 4 is 11.6 Å². The van der Waals surface area contributed by atoms with E-state index in [0.29, 0.717) is 16.7 Å². The number of nitriles is 1. The standard InChI is InChI=1S/C14H17ClN2O/c1-18-14-5-4-10(7-13(14)15)12(8-16)11-3-2-6-17-9-11/h4-5,7,11-12,17H,2-3,6,9H2,1H3. The lowest BCUT2D eigenvalue weighted by Crippen LogP contribution is -2.32. The van der Waals surface area contributed by atoms with Gasteiger partial charge in [0.1, 0.15) is 5.75 Å². The fourth-order valence-corrected chi connectivity index (χ4v) is 2.76. The van der Waals surface area contributed by atoms with Crippen LogP contribution < -0.4 is 10.1 Å². The number of hydrogen-bond donors (Lipinski definition) is 1. The number of hydrogen-bond acceptors (Lipinski definition) is 3. The van der Waals surface area contributed by atoms with Gasteiger partial charge < -0.3 is 10.1 Å². The van der Waals surface area contributed by atoms with Crippen molar-refractivity contribution in [1.29, 1.82) is 5.26 Å². The van der Waals surface area contributed by atoms with Crippen LogP contribution in [0.2, 0.25) is 5.02 Å². The van der Waals surface area contributed by atoms with Crippen LogP contribution in [-0.2, 0) is 0 Å². The summed E-state index contributed by atoms with van der Waals surface area (Å²) in [7, 11) is 1.59. The molecule has 18 heavy (non-hydrogen) atoms. The second-order valence-corrected chi connectivity index (χ2v) is 5.01. The van der Waals surface area contributed by atoms with E-state index in [1.165, 1.54) is 0 Å². The van der Waals surface area contributed by atoms with Crippen LogP contribution in [0.4, 0.5) is 0 Å². The molecular formula is C14H17ClN2O. The van der Waals surface area contributed by atoms with Crippen molar-refractivity contribution in [3.63, 3.8) is 0 Å². The van der Waals surface area contributed by atoms with Gasteiger partial charge in [-0.25, -0.2) is 0 Å². The van der Waals surface area contributed by atoms with Crippen LogP contribution in [0.3, 0.4) is 0 Å². The summed E-state index contributed by atoms with van der Waals surface area (Å²) in [4.78, 5) is 0. The van der Waals surface area contributed by atoms with Crippen LogP contribution >= 0.6 is 11.6 Å². The van der Waals surface area contributed by atoms with Gasteiger partial charge in [-0.1, -0.05) is 17.7 Å². The van der Waals surface area contributed by atoms with Gasteiger partial charge in [-0.3, -0.25) is 0 Å². The molecule has 0 bridgehead atoms. The number of rotatable bonds is 3. The highest BCUT2D eigenvalue weighted by atomic mass is 35.5. The smallest absolute Gasteiger partial charge is 0.137 e. The highest BCUT2D eigenvalue weighted by molar-refractivity contribution is 6.32. The molecule has 1 aliphatic rings. The Morgan fingerprint density at radius 2 is 2.39 bits per heavy atom. The zero-order valence-electron chi connectivity index (χ0n) is 10.4. The molecule has 2 atom stereocenters. The topological polar surface area (TPSA) is 45.0 Å². The van der Waals surface area contributed by atoms with E-state index in [2.05, 4.69) is 11.4 Å². The van der Waals surface area contributed by atoms with Crippen LogP contribution in [0.15, 0.2) is 18.2 Å².